The average molecular weight is 345 g/mol. The maximum Gasteiger partial charge on any atom is 0.123 e. The number of hydrogen-bond donors (Lipinski definition) is 1. The average Bonchev–Trinajstić information content (AvgIpc) is 2.55. The van der Waals surface area contributed by atoms with Crippen molar-refractivity contribution in [2.75, 3.05) is 33.7 Å². The van der Waals surface area contributed by atoms with E-state index in [-0.39, 0.29) is 5.60 Å². The number of para-hydroxylation sites is 1. The third kappa shape index (κ3) is 4.03. The van der Waals surface area contributed by atoms with Crippen molar-refractivity contribution < 1.29 is 4.74 Å². The molecule has 2 aliphatic rings. The molecule has 1 aliphatic heterocycles. The van der Waals surface area contributed by atoms with Gasteiger partial charge in [0.1, 0.15) is 11.4 Å². The van der Waals surface area contributed by atoms with Crippen molar-refractivity contribution in [3.05, 3.63) is 29.8 Å². The summed E-state index contributed by atoms with van der Waals surface area (Å²) in [6.45, 7) is 10.7. The lowest BCUT2D eigenvalue weighted by molar-refractivity contribution is -0.0887. The molecule has 1 heterocycles. The summed E-state index contributed by atoms with van der Waals surface area (Å²) in [5, 5.41) is 3.73. The molecule has 3 nitrogen and oxygen atoms in total. The Morgan fingerprint density at radius 1 is 1.24 bits per heavy atom. The van der Waals surface area contributed by atoms with Gasteiger partial charge in [0.25, 0.3) is 0 Å². The van der Waals surface area contributed by atoms with E-state index in [0.717, 1.165) is 37.7 Å². The second-order valence-corrected chi connectivity index (χ2v) is 8.90. The van der Waals surface area contributed by atoms with Gasteiger partial charge in [0.05, 0.1) is 0 Å². The predicted molar refractivity (Wildman–Crippen MR) is 105 cm³/mol. The Morgan fingerprint density at radius 2 is 2.00 bits per heavy atom. The number of rotatable bonds is 6. The first-order valence-corrected chi connectivity index (χ1v) is 10.0. The van der Waals surface area contributed by atoms with Gasteiger partial charge in [0.2, 0.25) is 0 Å². The van der Waals surface area contributed by atoms with Gasteiger partial charge in [0.15, 0.2) is 0 Å². The van der Waals surface area contributed by atoms with Crippen LogP contribution < -0.4 is 10.1 Å². The fourth-order valence-corrected chi connectivity index (χ4v) is 5.27. The van der Waals surface area contributed by atoms with Gasteiger partial charge in [-0.25, -0.2) is 0 Å². The Hall–Kier alpha value is -1.06. The first-order chi connectivity index (χ1) is 11.9. The summed E-state index contributed by atoms with van der Waals surface area (Å²) in [7, 11) is 4.29. The van der Waals surface area contributed by atoms with Gasteiger partial charge in [-0.05, 0) is 89.3 Å². The molecule has 3 rings (SSSR count). The van der Waals surface area contributed by atoms with E-state index in [2.05, 4.69) is 69.3 Å². The topological polar surface area (TPSA) is 24.5 Å². The maximum atomic E-state index is 6.56. The quantitative estimate of drug-likeness (QED) is 0.794. The van der Waals surface area contributed by atoms with E-state index in [4.69, 9.17) is 4.74 Å². The number of nitrogens with one attached hydrogen (secondary N) is 1. The van der Waals surface area contributed by atoms with Crippen LogP contribution in [-0.2, 0) is 6.42 Å². The highest BCUT2D eigenvalue weighted by Gasteiger charge is 2.51. The number of hydrogen-bond acceptors (Lipinski definition) is 3. The monoisotopic (exact) mass is 344 g/mol. The van der Waals surface area contributed by atoms with Gasteiger partial charge < -0.3 is 15.0 Å². The third-order valence-electron chi connectivity index (χ3n) is 6.65. The largest absolute Gasteiger partial charge is 0.487 e. The second-order valence-electron chi connectivity index (χ2n) is 8.90. The summed E-state index contributed by atoms with van der Waals surface area (Å²) in [5.74, 6) is 3.85. The fraction of sp³-hybridized carbons (Fsp3) is 0.727. The maximum absolute atomic E-state index is 6.56. The minimum absolute atomic E-state index is 0.00535. The van der Waals surface area contributed by atoms with Gasteiger partial charge in [-0.15, -0.1) is 0 Å². The molecule has 1 aliphatic carbocycles. The molecular formula is C22H36N2O. The van der Waals surface area contributed by atoms with Gasteiger partial charge in [-0.2, -0.15) is 0 Å². The highest BCUT2D eigenvalue weighted by atomic mass is 16.5. The number of fused-ring (bicyclic) bond motifs is 2. The molecule has 1 N–H and O–H groups in total. The second kappa shape index (κ2) is 7.67. The lowest BCUT2D eigenvalue weighted by Gasteiger charge is -2.53. The van der Waals surface area contributed by atoms with Crippen LogP contribution in [0.2, 0.25) is 0 Å². The van der Waals surface area contributed by atoms with Crippen molar-refractivity contribution in [2.45, 2.75) is 45.6 Å². The Kier molecular flexibility index (Phi) is 5.75. The predicted octanol–water partition coefficient (Wildman–Crippen LogP) is 3.83. The minimum Gasteiger partial charge on any atom is -0.487 e. The summed E-state index contributed by atoms with van der Waals surface area (Å²) in [5.41, 5.74) is 1.39. The molecule has 25 heavy (non-hydrogen) atoms. The Balaban J connectivity index is 1.64. The molecule has 0 spiro atoms. The molecule has 1 fully saturated rings. The van der Waals surface area contributed by atoms with E-state index >= 15 is 0 Å². The molecule has 0 bridgehead atoms. The molecule has 0 amide bonds. The van der Waals surface area contributed by atoms with Gasteiger partial charge >= 0.3 is 0 Å². The van der Waals surface area contributed by atoms with E-state index in [9.17, 15) is 0 Å². The van der Waals surface area contributed by atoms with Crippen molar-refractivity contribution in [3.63, 3.8) is 0 Å². The van der Waals surface area contributed by atoms with Crippen molar-refractivity contribution >= 4 is 0 Å². The lowest BCUT2D eigenvalue weighted by atomic mass is 9.59. The lowest BCUT2D eigenvalue weighted by Crippen LogP contribution is -2.56. The molecule has 140 valence electrons. The highest BCUT2D eigenvalue weighted by molar-refractivity contribution is 5.37. The van der Waals surface area contributed by atoms with Crippen molar-refractivity contribution in [1.82, 2.24) is 10.2 Å². The molecule has 5 atom stereocenters. The van der Waals surface area contributed by atoms with Crippen molar-refractivity contribution in [1.29, 1.82) is 0 Å². The molecule has 1 aromatic rings. The van der Waals surface area contributed by atoms with Crippen LogP contribution in [0.1, 0.15) is 39.2 Å². The zero-order valence-corrected chi connectivity index (χ0v) is 16.7. The minimum atomic E-state index is -0.00535. The van der Waals surface area contributed by atoms with Crippen LogP contribution in [0, 0.1) is 23.7 Å². The van der Waals surface area contributed by atoms with E-state index in [1.54, 1.807) is 0 Å². The van der Waals surface area contributed by atoms with Crippen LogP contribution in [0.4, 0.5) is 0 Å². The first-order valence-electron chi connectivity index (χ1n) is 10.0. The molecule has 0 saturated heterocycles. The van der Waals surface area contributed by atoms with E-state index < -0.39 is 0 Å². The number of ether oxygens (including phenoxy) is 1. The molecule has 1 aromatic carbocycles. The highest BCUT2D eigenvalue weighted by Crippen LogP contribution is 2.51. The third-order valence-corrected chi connectivity index (χ3v) is 6.65. The summed E-state index contributed by atoms with van der Waals surface area (Å²) < 4.78 is 6.56. The molecule has 1 saturated carbocycles. The molecule has 0 aromatic heterocycles. The first kappa shape index (κ1) is 18.7. The molecule has 3 heteroatoms. The standard InChI is InChI=1S/C22H36N2O/c1-16-14-22(3)20(13-18-9-6-7-10-21(18)25-22)17(2)19(16)15-23-11-8-12-24(4)5/h6-7,9-10,16-17,19-20,23H,8,11-15H2,1-5H3/t16-,17-,19-,20+,22+/m1/s1. The Bertz CT molecular complexity index is 573. The van der Waals surface area contributed by atoms with Crippen LogP contribution in [0.15, 0.2) is 24.3 Å². The fourth-order valence-electron chi connectivity index (χ4n) is 5.27. The zero-order valence-electron chi connectivity index (χ0n) is 16.7. The van der Waals surface area contributed by atoms with Gasteiger partial charge in [-0.1, -0.05) is 32.0 Å². The van der Waals surface area contributed by atoms with E-state index in [1.165, 1.54) is 18.4 Å². The molecule has 0 radical (unpaired) electrons. The summed E-state index contributed by atoms with van der Waals surface area (Å²) in [6.07, 6.45) is 3.55. The Morgan fingerprint density at radius 3 is 2.76 bits per heavy atom. The van der Waals surface area contributed by atoms with Gasteiger partial charge in [0, 0.05) is 5.92 Å². The van der Waals surface area contributed by atoms with Crippen LogP contribution in [0.3, 0.4) is 0 Å². The SMILES string of the molecule is C[C@@H]1[C@H](CNCCCN(C)C)[C@H](C)C[C@]2(C)Oc3ccccc3C[C@@H]12. The normalized spacial score (nSPS) is 34.3. The molecular weight excluding hydrogens is 308 g/mol. The van der Waals surface area contributed by atoms with Crippen LogP contribution in [-0.4, -0.2) is 44.2 Å². The zero-order chi connectivity index (χ0) is 18.0. The van der Waals surface area contributed by atoms with E-state index in [0.29, 0.717) is 17.8 Å². The summed E-state index contributed by atoms with van der Waals surface area (Å²) in [4.78, 5) is 2.26. The van der Waals surface area contributed by atoms with Crippen LogP contribution >= 0.6 is 0 Å². The summed E-state index contributed by atoms with van der Waals surface area (Å²) >= 11 is 0. The van der Waals surface area contributed by atoms with E-state index in [1.807, 2.05) is 0 Å². The van der Waals surface area contributed by atoms with Gasteiger partial charge in [-0.3, -0.25) is 0 Å². The van der Waals surface area contributed by atoms with Crippen molar-refractivity contribution in [3.8, 4) is 5.75 Å². The molecule has 0 unspecified atom stereocenters. The van der Waals surface area contributed by atoms with Crippen molar-refractivity contribution in [2.24, 2.45) is 23.7 Å². The Labute approximate surface area is 154 Å². The number of nitrogens with zero attached hydrogens (tertiary/aromatic N) is 1. The summed E-state index contributed by atoms with van der Waals surface area (Å²) in [6, 6.07) is 8.63. The van der Waals surface area contributed by atoms with Crippen LogP contribution in [0.5, 0.6) is 5.75 Å². The van der Waals surface area contributed by atoms with Crippen LogP contribution in [0.25, 0.3) is 0 Å². The number of benzene rings is 1. The smallest absolute Gasteiger partial charge is 0.123 e.